The van der Waals surface area contributed by atoms with Gasteiger partial charge >= 0.3 is 0 Å². The van der Waals surface area contributed by atoms with Gasteiger partial charge in [-0.3, -0.25) is 15.0 Å². The van der Waals surface area contributed by atoms with Crippen LogP contribution < -0.4 is 10.5 Å². The predicted octanol–water partition coefficient (Wildman–Crippen LogP) is 2.31. The average molecular weight is 293 g/mol. The molecule has 1 aromatic carbocycles. The Morgan fingerprint density at radius 2 is 2.19 bits per heavy atom. The van der Waals surface area contributed by atoms with Gasteiger partial charge in [-0.25, -0.2) is 0 Å². The second-order valence-electron chi connectivity index (χ2n) is 5.64. The number of nitro groups is 1. The number of methoxy groups -OCH3 is 1. The molecule has 6 nitrogen and oxygen atoms in total. The molecule has 2 N–H and O–H groups in total. The molecule has 1 aliphatic rings. The Kier molecular flexibility index (Phi) is 5.14. The zero-order chi connectivity index (χ0) is 15.4. The number of hydrogen-bond acceptors (Lipinski definition) is 5. The van der Waals surface area contributed by atoms with Crippen molar-refractivity contribution in [1.82, 2.24) is 4.90 Å². The van der Waals surface area contributed by atoms with Crippen molar-refractivity contribution in [2.45, 2.75) is 44.8 Å². The van der Waals surface area contributed by atoms with Crippen LogP contribution >= 0.6 is 0 Å². The summed E-state index contributed by atoms with van der Waals surface area (Å²) >= 11 is 0. The fourth-order valence-electron chi connectivity index (χ4n) is 3.05. The molecule has 6 heteroatoms. The number of nitro benzene ring substituents is 1. The van der Waals surface area contributed by atoms with Crippen LogP contribution in [-0.4, -0.2) is 35.6 Å². The summed E-state index contributed by atoms with van der Waals surface area (Å²) in [4.78, 5) is 13.0. The third-order valence-electron chi connectivity index (χ3n) is 4.23. The van der Waals surface area contributed by atoms with Crippen LogP contribution in [0.2, 0.25) is 0 Å². The Hall–Kier alpha value is -1.66. The van der Waals surface area contributed by atoms with E-state index in [0.29, 0.717) is 30.9 Å². The quantitative estimate of drug-likeness (QED) is 0.665. The van der Waals surface area contributed by atoms with Crippen LogP contribution in [0.3, 0.4) is 0 Å². The van der Waals surface area contributed by atoms with E-state index >= 15 is 0 Å². The van der Waals surface area contributed by atoms with Gasteiger partial charge in [0.1, 0.15) is 5.75 Å². The fraction of sp³-hybridized carbons (Fsp3) is 0.600. The van der Waals surface area contributed by atoms with Gasteiger partial charge in [0.2, 0.25) is 0 Å². The smallest absolute Gasteiger partial charge is 0.273 e. The molecule has 0 radical (unpaired) electrons. The van der Waals surface area contributed by atoms with Crippen LogP contribution in [0.4, 0.5) is 5.69 Å². The van der Waals surface area contributed by atoms with Gasteiger partial charge in [-0.05, 0) is 31.4 Å². The number of ether oxygens (including phenoxy) is 1. The summed E-state index contributed by atoms with van der Waals surface area (Å²) in [6.07, 6.45) is 3.42. The molecule has 0 spiro atoms. The molecular weight excluding hydrogens is 270 g/mol. The highest BCUT2D eigenvalue weighted by atomic mass is 16.6. The van der Waals surface area contributed by atoms with Gasteiger partial charge in [0.05, 0.1) is 18.1 Å². The van der Waals surface area contributed by atoms with Crippen molar-refractivity contribution in [1.29, 1.82) is 0 Å². The number of nitrogens with two attached hydrogens (primary N) is 1. The highest BCUT2D eigenvalue weighted by molar-refractivity contribution is 5.42. The first-order chi connectivity index (χ1) is 10.0. The molecule has 0 amide bonds. The van der Waals surface area contributed by atoms with Gasteiger partial charge in [-0.1, -0.05) is 6.42 Å². The first kappa shape index (κ1) is 15.7. The molecule has 2 unspecified atom stereocenters. The summed E-state index contributed by atoms with van der Waals surface area (Å²) in [6.45, 7) is 3.48. The number of benzene rings is 1. The minimum absolute atomic E-state index is 0.0679. The minimum Gasteiger partial charge on any atom is -0.496 e. The molecule has 116 valence electrons. The summed E-state index contributed by atoms with van der Waals surface area (Å²) < 4.78 is 5.17. The number of rotatable bonds is 5. The van der Waals surface area contributed by atoms with Crippen LogP contribution in [0.25, 0.3) is 0 Å². The van der Waals surface area contributed by atoms with E-state index in [-0.39, 0.29) is 10.6 Å². The molecule has 0 aromatic heterocycles. The topological polar surface area (TPSA) is 81.6 Å². The number of piperidine rings is 1. The zero-order valence-electron chi connectivity index (χ0n) is 12.6. The lowest BCUT2D eigenvalue weighted by Crippen LogP contribution is -2.48. The first-order valence-electron chi connectivity index (χ1n) is 7.33. The number of non-ortho nitro benzene ring substituents is 1. The average Bonchev–Trinajstić information content (AvgIpc) is 2.48. The second kappa shape index (κ2) is 6.87. The molecule has 1 aromatic rings. The van der Waals surface area contributed by atoms with E-state index in [4.69, 9.17) is 10.5 Å². The third kappa shape index (κ3) is 3.71. The molecule has 1 saturated heterocycles. The lowest BCUT2D eigenvalue weighted by atomic mass is 9.95. The Morgan fingerprint density at radius 3 is 2.81 bits per heavy atom. The van der Waals surface area contributed by atoms with E-state index in [9.17, 15) is 10.1 Å². The molecular formula is C15H23N3O3. The maximum atomic E-state index is 11.0. The summed E-state index contributed by atoms with van der Waals surface area (Å²) in [6, 6.07) is 5.72. The molecule has 2 atom stereocenters. The third-order valence-corrected chi connectivity index (χ3v) is 4.23. The van der Waals surface area contributed by atoms with E-state index in [1.165, 1.54) is 19.6 Å². The van der Waals surface area contributed by atoms with Gasteiger partial charge in [-0.15, -0.1) is 0 Å². The van der Waals surface area contributed by atoms with Crippen molar-refractivity contribution >= 4 is 5.69 Å². The van der Waals surface area contributed by atoms with Gasteiger partial charge in [0.25, 0.3) is 5.69 Å². The molecule has 0 saturated carbocycles. The molecule has 21 heavy (non-hydrogen) atoms. The van der Waals surface area contributed by atoms with Crippen molar-refractivity contribution < 1.29 is 9.66 Å². The van der Waals surface area contributed by atoms with Crippen LogP contribution in [0.5, 0.6) is 5.75 Å². The van der Waals surface area contributed by atoms with Crippen LogP contribution in [0, 0.1) is 10.1 Å². The maximum Gasteiger partial charge on any atom is 0.273 e. The number of likely N-dealkylation sites (tertiary alicyclic amines) is 1. The van der Waals surface area contributed by atoms with E-state index < -0.39 is 0 Å². The van der Waals surface area contributed by atoms with Gasteiger partial charge < -0.3 is 10.5 Å². The summed E-state index contributed by atoms with van der Waals surface area (Å²) in [5.74, 6) is 0.521. The highest BCUT2D eigenvalue weighted by Crippen LogP contribution is 2.28. The normalized spacial score (nSPS) is 23.0. The predicted molar refractivity (Wildman–Crippen MR) is 81.3 cm³/mol. The van der Waals surface area contributed by atoms with Crippen molar-refractivity contribution in [3.8, 4) is 5.75 Å². The van der Waals surface area contributed by atoms with Crippen molar-refractivity contribution in [2.75, 3.05) is 13.7 Å². The Morgan fingerprint density at radius 1 is 1.43 bits per heavy atom. The van der Waals surface area contributed by atoms with Crippen LogP contribution in [-0.2, 0) is 6.54 Å². The number of nitrogens with zero attached hydrogens (tertiary/aromatic N) is 2. The molecule has 1 aliphatic heterocycles. The fourth-order valence-corrected chi connectivity index (χ4v) is 3.05. The van der Waals surface area contributed by atoms with E-state index in [0.717, 1.165) is 18.4 Å². The molecule has 1 fully saturated rings. The lowest BCUT2D eigenvalue weighted by molar-refractivity contribution is -0.385. The second-order valence-corrected chi connectivity index (χ2v) is 5.64. The number of hydrogen-bond donors (Lipinski definition) is 1. The Labute approximate surface area is 125 Å². The summed E-state index contributed by atoms with van der Waals surface area (Å²) in [5.41, 5.74) is 6.83. The van der Waals surface area contributed by atoms with Crippen LogP contribution in [0.1, 0.15) is 31.7 Å². The van der Waals surface area contributed by atoms with Crippen molar-refractivity contribution in [3.05, 3.63) is 33.9 Å². The van der Waals surface area contributed by atoms with E-state index in [1.807, 2.05) is 6.07 Å². The monoisotopic (exact) mass is 293 g/mol. The lowest BCUT2D eigenvalue weighted by Gasteiger charge is -2.40. The molecule has 0 bridgehead atoms. The zero-order valence-corrected chi connectivity index (χ0v) is 12.6. The maximum absolute atomic E-state index is 11.0. The van der Waals surface area contributed by atoms with Gasteiger partial charge in [0, 0.05) is 31.2 Å². The molecule has 1 heterocycles. The highest BCUT2D eigenvalue weighted by Gasteiger charge is 2.27. The van der Waals surface area contributed by atoms with Gasteiger partial charge in [-0.2, -0.15) is 0 Å². The SMILES string of the molecule is COc1cc(CN2C(C)CCCC2CN)cc([N+](=O)[O-])c1. The van der Waals surface area contributed by atoms with E-state index in [2.05, 4.69) is 11.8 Å². The Balaban J connectivity index is 2.24. The molecule has 0 aliphatic carbocycles. The van der Waals surface area contributed by atoms with Crippen LogP contribution in [0.15, 0.2) is 18.2 Å². The Bertz CT molecular complexity index is 507. The first-order valence-corrected chi connectivity index (χ1v) is 7.33. The summed E-state index contributed by atoms with van der Waals surface area (Å²) in [5, 5.41) is 11.0. The molecule has 2 rings (SSSR count). The minimum atomic E-state index is -0.383. The van der Waals surface area contributed by atoms with Crippen molar-refractivity contribution in [2.24, 2.45) is 5.73 Å². The van der Waals surface area contributed by atoms with Crippen molar-refractivity contribution in [3.63, 3.8) is 0 Å². The summed E-state index contributed by atoms with van der Waals surface area (Å²) in [7, 11) is 1.52. The van der Waals surface area contributed by atoms with Gasteiger partial charge in [0.15, 0.2) is 0 Å². The largest absolute Gasteiger partial charge is 0.496 e. The van der Waals surface area contributed by atoms with E-state index in [1.54, 1.807) is 6.07 Å². The standard InChI is InChI=1S/C15H23N3O3/c1-11-4-3-5-13(9-16)17(11)10-12-6-14(18(19)20)8-15(7-12)21-2/h6-8,11,13H,3-5,9-10,16H2,1-2H3.